The Morgan fingerprint density at radius 3 is 2.33 bits per heavy atom. The summed E-state index contributed by atoms with van der Waals surface area (Å²) in [5.74, 6) is 1.52. The molecule has 3 aromatic rings. The second kappa shape index (κ2) is 14.6. The summed E-state index contributed by atoms with van der Waals surface area (Å²) in [6.45, 7) is 8.96. The average Bonchev–Trinajstić information content (AvgIpc) is 3.24. The van der Waals surface area contributed by atoms with Gasteiger partial charge in [0.25, 0.3) is 0 Å². The lowest BCUT2D eigenvalue weighted by Crippen LogP contribution is -2.15. The minimum Gasteiger partial charge on any atom is -0.497 e. The van der Waals surface area contributed by atoms with E-state index < -0.39 is 13.7 Å². The summed E-state index contributed by atoms with van der Waals surface area (Å²) < 4.78 is 36.3. The molecule has 0 saturated heterocycles. The minimum absolute atomic E-state index is 0.0318. The zero-order valence-corrected chi connectivity index (χ0v) is 24.9. The van der Waals surface area contributed by atoms with Gasteiger partial charge in [0.1, 0.15) is 16.6 Å². The zero-order chi connectivity index (χ0) is 28.4. The highest BCUT2D eigenvalue weighted by Gasteiger charge is 2.24. The van der Waals surface area contributed by atoms with E-state index in [1.165, 1.54) is 0 Å². The number of amides is 1. The van der Waals surface area contributed by atoms with Crippen LogP contribution in [0.1, 0.15) is 56.3 Å². The van der Waals surface area contributed by atoms with Gasteiger partial charge in [0, 0.05) is 11.4 Å². The highest BCUT2D eigenvalue weighted by Crippen LogP contribution is 2.48. The van der Waals surface area contributed by atoms with Crippen LogP contribution in [-0.4, -0.2) is 42.1 Å². The van der Waals surface area contributed by atoms with Crippen LogP contribution in [0, 0.1) is 0 Å². The number of rotatable bonds is 15. The van der Waals surface area contributed by atoms with Crippen molar-refractivity contribution in [1.29, 1.82) is 0 Å². The number of ether oxygens (including phenoxy) is 2. The van der Waals surface area contributed by atoms with Gasteiger partial charge in [-0.25, -0.2) is 9.78 Å². The van der Waals surface area contributed by atoms with Crippen molar-refractivity contribution < 1.29 is 27.9 Å². The van der Waals surface area contributed by atoms with E-state index >= 15 is 0 Å². The standard InChI is InChI=1S/C28H38N3O6PS/c1-6-36-38(33,37-7-2)16-15-21-11-13-22(14-12-21)18-31-25(19-35-28(29)32)30-26(20(3)4)27(31)39-24-10-8-9-23(17-24)34-5/h8-14,17,20H,6-7,15-16,18-19H2,1-5H3,(H2,29,32). The number of benzene rings is 2. The Hall–Kier alpha value is -2.78. The lowest BCUT2D eigenvalue weighted by molar-refractivity contribution is 0.145. The highest BCUT2D eigenvalue weighted by molar-refractivity contribution is 7.99. The molecule has 1 heterocycles. The third-order valence-electron chi connectivity index (χ3n) is 5.86. The molecule has 0 bridgehead atoms. The van der Waals surface area contributed by atoms with Crippen LogP contribution in [0.3, 0.4) is 0 Å². The summed E-state index contributed by atoms with van der Waals surface area (Å²) in [6.07, 6.45) is 0.0521. The molecule has 0 radical (unpaired) electrons. The van der Waals surface area contributed by atoms with Crippen molar-refractivity contribution in [2.75, 3.05) is 26.5 Å². The summed E-state index contributed by atoms with van der Waals surface area (Å²) >= 11 is 1.59. The fraction of sp³-hybridized carbons (Fsp3) is 0.429. The number of carbonyl (C=O) groups is 1. The molecule has 212 valence electrons. The summed E-state index contributed by atoms with van der Waals surface area (Å²) in [5, 5.41) is 0.958. The van der Waals surface area contributed by atoms with E-state index in [1.54, 1.807) is 18.9 Å². The maximum Gasteiger partial charge on any atom is 0.404 e. The van der Waals surface area contributed by atoms with Crippen molar-refractivity contribution in [1.82, 2.24) is 9.55 Å². The number of aromatic nitrogens is 2. The van der Waals surface area contributed by atoms with Crippen LogP contribution in [0.5, 0.6) is 5.75 Å². The van der Waals surface area contributed by atoms with Crippen LogP contribution < -0.4 is 10.5 Å². The molecule has 0 fully saturated rings. The van der Waals surface area contributed by atoms with Crippen molar-refractivity contribution in [2.45, 2.75) is 63.1 Å². The SMILES string of the molecule is CCOP(=O)(CCc1ccc(Cn2c(COC(N)=O)nc(C(C)C)c2Sc2cccc(OC)c2)cc1)OCC. The van der Waals surface area contributed by atoms with Crippen LogP contribution in [0.15, 0.2) is 58.5 Å². The average molecular weight is 576 g/mol. The molecule has 0 aliphatic rings. The molecule has 2 N–H and O–H groups in total. The smallest absolute Gasteiger partial charge is 0.404 e. The van der Waals surface area contributed by atoms with Crippen molar-refractivity contribution >= 4 is 25.5 Å². The number of primary amides is 1. The highest BCUT2D eigenvalue weighted by atomic mass is 32.2. The summed E-state index contributed by atoms with van der Waals surface area (Å²) in [7, 11) is -1.46. The second-order valence-corrected chi connectivity index (χ2v) is 12.3. The molecule has 39 heavy (non-hydrogen) atoms. The fourth-order valence-corrected chi connectivity index (χ4v) is 6.85. The third-order valence-corrected chi connectivity index (χ3v) is 9.05. The monoisotopic (exact) mass is 575 g/mol. The van der Waals surface area contributed by atoms with Crippen LogP contribution in [-0.2, 0) is 37.9 Å². The first kappa shape index (κ1) is 30.8. The van der Waals surface area contributed by atoms with Gasteiger partial charge in [0.05, 0.1) is 32.2 Å². The Kier molecular flexibility index (Phi) is 11.5. The number of nitrogens with two attached hydrogens (primary N) is 1. The molecule has 9 nitrogen and oxygen atoms in total. The molecular formula is C28H38N3O6PS. The van der Waals surface area contributed by atoms with Crippen LogP contribution >= 0.6 is 19.4 Å². The largest absolute Gasteiger partial charge is 0.497 e. The number of nitrogens with zero attached hydrogens (tertiary/aromatic N) is 2. The van der Waals surface area contributed by atoms with Crippen LogP contribution in [0.4, 0.5) is 4.79 Å². The molecule has 0 aliphatic heterocycles. The maximum atomic E-state index is 12.8. The number of carbonyl (C=O) groups excluding carboxylic acids is 1. The molecule has 0 atom stereocenters. The summed E-state index contributed by atoms with van der Waals surface area (Å²) in [5.41, 5.74) is 8.25. The molecule has 3 rings (SSSR count). The number of methoxy groups -OCH3 is 1. The van der Waals surface area contributed by atoms with Crippen molar-refractivity contribution in [3.63, 3.8) is 0 Å². The first-order valence-electron chi connectivity index (χ1n) is 13.0. The lowest BCUT2D eigenvalue weighted by atomic mass is 10.1. The van der Waals surface area contributed by atoms with Gasteiger partial charge in [-0.15, -0.1) is 0 Å². The van der Waals surface area contributed by atoms with E-state index in [0.29, 0.717) is 38.2 Å². The number of imidazole rings is 1. The van der Waals surface area contributed by atoms with Gasteiger partial charge >= 0.3 is 13.7 Å². The van der Waals surface area contributed by atoms with Gasteiger partial charge in [0.2, 0.25) is 0 Å². The number of aryl methyl sites for hydroxylation is 1. The predicted molar refractivity (Wildman–Crippen MR) is 153 cm³/mol. The van der Waals surface area contributed by atoms with E-state index in [4.69, 9.17) is 29.2 Å². The Morgan fingerprint density at radius 2 is 1.74 bits per heavy atom. The zero-order valence-electron chi connectivity index (χ0n) is 23.2. The van der Waals surface area contributed by atoms with Gasteiger partial charge < -0.3 is 28.8 Å². The van der Waals surface area contributed by atoms with E-state index in [1.807, 2.05) is 62.4 Å². The molecule has 0 aliphatic carbocycles. The molecule has 1 aromatic heterocycles. The van der Waals surface area contributed by atoms with Crippen molar-refractivity contribution in [3.05, 3.63) is 71.2 Å². The first-order chi connectivity index (χ1) is 18.7. The molecule has 2 aromatic carbocycles. The summed E-state index contributed by atoms with van der Waals surface area (Å²) in [4.78, 5) is 17.2. The van der Waals surface area contributed by atoms with E-state index in [9.17, 15) is 9.36 Å². The van der Waals surface area contributed by atoms with E-state index in [-0.39, 0.29) is 12.5 Å². The first-order valence-corrected chi connectivity index (χ1v) is 15.5. The number of hydrogen-bond donors (Lipinski definition) is 1. The minimum atomic E-state index is -3.10. The Bertz CT molecular complexity index is 1270. The lowest BCUT2D eigenvalue weighted by Gasteiger charge is -2.17. The quantitative estimate of drug-likeness (QED) is 0.201. The maximum absolute atomic E-state index is 12.8. The molecule has 0 saturated carbocycles. The van der Waals surface area contributed by atoms with Crippen molar-refractivity contribution in [3.8, 4) is 5.75 Å². The second-order valence-electron chi connectivity index (χ2n) is 9.08. The fourth-order valence-electron chi connectivity index (χ4n) is 3.99. The predicted octanol–water partition coefficient (Wildman–Crippen LogP) is 6.62. The molecule has 0 spiro atoms. The topological polar surface area (TPSA) is 115 Å². The molecule has 11 heteroatoms. The Balaban J connectivity index is 1.89. The van der Waals surface area contributed by atoms with Gasteiger partial charge in [-0.3, -0.25) is 4.57 Å². The molecular weight excluding hydrogens is 537 g/mol. The number of hydrogen-bond acceptors (Lipinski definition) is 8. The van der Waals surface area contributed by atoms with E-state index in [0.717, 1.165) is 32.5 Å². The summed E-state index contributed by atoms with van der Waals surface area (Å²) in [6, 6.07) is 16.0. The van der Waals surface area contributed by atoms with Gasteiger partial charge in [0.15, 0.2) is 6.61 Å². The molecule has 0 unspecified atom stereocenters. The normalized spacial score (nSPS) is 11.6. The molecule has 1 amide bonds. The van der Waals surface area contributed by atoms with E-state index in [2.05, 4.69) is 18.4 Å². The Morgan fingerprint density at radius 1 is 1.08 bits per heavy atom. The van der Waals surface area contributed by atoms with Crippen LogP contribution in [0.2, 0.25) is 0 Å². The van der Waals surface area contributed by atoms with Crippen molar-refractivity contribution in [2.24, 2.45) is 5.73 Å². The van der Waals surface area contributed by atoms with Gasteiger partial charge in [-0.05, 0) is 55.5 Å². The Labute approximate surface area is 234 Å². The van der Waals surface area contributed by atoms with Gasteiger partial charge in [-0.2, -0.15) is 0 Å². The van der Waals surface area contributed by atoms with Gasteiger partial charge in [-0.1, -0.05) is 55.9 Å². The third kappa shape index (κ3) is 8.86. The van der Waals surface area contributed by atoms with Crippen LogP contribution in [0.25, 0.3) is 0 Å².